The highest BCUT2D eigenvalue weighted by Gasteiger charge is 2.40. The minimum Gasteiger partial charge on any atom is -0.345 e. The van der Waals surface area contributed by atoms with Crippen molar-refractivity contribution in [2.45, 2.75) is 102 Å². The number of hydrogen-bond acceptors (Lipinski definition) is 4. The van der Waals surface area contributed by atoms with Gasteiger partial charge in [-0.3, -0.25) is 0 Å². The van der Waals surface area contributed by atoms with Crippen molar-refractivity contribution in [3.63, 3.8) is 0 Å². The molecule has 0 amide bonds. The zero-order valence-electron chi connectivity index (χ0n) is 16.1. The molecule has 0 aromatic heterocycles. The summed E-state index contributed by atoms with van der Waals surface area (Å²) in [5.74, 6) is 1.36. The largest absolute Gasteiger partial charge is 0.345 e. The average Bonchev–Trinajstić information content (AvgIpc) is 2.50. The molecule has 0 heterocycles. The molecule has 0 radical (unpaired) electrons. The van der Waals surface area contributed by atoms with Gasteiger partial charge in [-0.25, -0.2) is 0 Å². The van der Waals surface area contributed by atoms with Gasteiger partial charge < -0.3 is 5.32 Å². The summed E-state index contributed by atoms with van der Waals surface area (Å²) in [4.78, 5) is 0. The zero-order valence-corrected chi connectivity index (χ0v) is 17.7. The Morgan fingerprint density at radius 3 is 2.33 bits per heavy atom. The fourth-order valence-corrected chi connectivity index (χ4v) is 5.26. The van der Waals surface area contributed by atoms with Crippen LogP contribution >= 0.6 is 24.0 Å². The van der Waals surface area contributed by atoms with Crippen molar-refractivity contribution in [1.82, 2.24) is 5.32 Å². The maximum atomic E-state index is 5.73. The third kappa shape index (κ3) is 5.98. The number of nitrogens with zero attached hydrogens (tertiary/aromatic N) is 2. The van der Waals surface area contributed by atoms with E-state index in [0.717, 1.165) is 16.7 Å². The standard InChI is InChI=1S/C19H35N3S2/c1-14-9-11-16(12-10-14)24-17(23)20-19(22-21-18(3,4)5)13-7-6-8-15(19)2/h14-16H,6-13H2,1-5H3,(H,20,23). The predicted octanol–water partition coefficient (Wildman–Crippen LogP) is 6.33. The molecule has 2 unspecified atom stereocenters. The Hall–Kier alpha value is -0.160. The van der Waals surface area contributed by atoms with E-state index in [1.54, 1.807) is 0 Å². The molecule has 0 spiro atoms. The van der Waals surface area contributed by atoms with Crippen molar-refractivity contribution in [3.8, 4) is 0 Å². The second kappa shape index (κ2) is 8.48. The van der Waals surface area contributed by atoms with E-state index in [9.17, 15) is 0 Å². The molecular weight excluding hydrogens is 334 g/mol. The number of rotatable bonds is 3. The first-order valence-corrected chi connectivity index (χ1v) is 10.9. The predicted molar refractivity (Wildman–Crippen MR) is 110 cm³/mol. The Balaban J connectivity index is 2.02. The van der Waals surface area contributed by atoms with Crippen LogP contribution < -0.4 is 5.32 Å². The number of thioether (sulfide) groups is 1. The van der Waals surface area contributed by atoms with Gasteiger partial charge in [-0.05, 0) is 71.6 Å². The van der Waals surface area contributed by atoms with E-state index < -0.39 is 0 Å². The zero-order chi connectivity index (χ0) is 17.8. The molecule has 0 aliphatic heterocycles. The van der Waals surface area contributed by atoms with Gasteiger partial charge in [0.15, 0.2) is 5.66 Å². The summed E-state index contributed by atoms with van der Waals surface area (Å²) in [5, 5.41) is 13.8. The van der Waals surface area contributed by atoms with Crippen LogP contribution in [-0.2, 0) is 0 Å². The Morgan fingerprint density at radius 2 is 1.75 bits per heavy atom. The van der Waals surface area contributed by atoms with E-state index in [4.69, 9.17) is 17.3 Å². The molecular formula is C19H35N3S2. The molecule has 5 heteroatoms. The molecule has 2 fully saturated rings. The molecule has 0 aromatic carbocycles. The van der Waals surface area contributed by atoms with Gasteiger partial charge in [0.05, 0.1) is 5.54 Å². The first-order valence-electron chi connectivity index (χ1n) is 9.63. The normalized spacial score (nSPS) is 35.1. The van der Waals surface area contributed by atoms with Crippen LogP contribution in [0.2, 0.25) is 0 Å². The Morgan fingerprint density at radius 1 is 1.08 bits per heavy atom. The number of hydrogen-bond donors (Lipinski definition) is 1. The Kier molecular flexibility index (Phi) is 7.12. The lowest BCUT2D eigenvalue weighted by Gasteiger charge is -2.40. The molecule has 2 atom stereocenters. The molecule has 2 aliphatic rings. The van der Waals surface area contributed by atoms with Gasteiger partial charge >= 0.3 is 0 Å². The highest BCUT2D eigenvalue weighted by molar-refractivity contribution is 8.23. The van der Waals surface area contributed by atoms with Gasteiger partial charge in [-0.1, -0.05) is 44.2 Å². The molecule has 0 bridgehead atoms. The Bertz CT molecular complexity index is 450. The number of azo groups is 1. The first kappa shape index (κ1) is 20.2. The van der Waals surface area contributed by atoms with E-state index in [2.05, 4.69) is 45.0 Å². The van der Waals surface area contributed by atoms with E-state index in [1.807, 2.05) is 11.8 Å². The highest BCUT2D eigenvalue weighted by atomic mass is 32.2. The molecule has 0 aromatic rings. The average molecular weight is 370 g/mol. The summed E-state index contributed by atoms with van der Waals surface area (Å²) >= 11 is 7.60. The molecule has 2 rings (SSSR count). The van der Waals surface area contributed by atoms with Gasteiger partial charge in [-0.15, -0.1) is 0 Å². The van der Waals surface area contributed by atoms with Gasteiger partial charge in [0.25, 0.3) is 0 Å². The van der Waals surface area contributed by atoms with Crippen LogP contribution in [0.1, 0.15) is 86.0 Å². The molecule has 1 N–H and O–H groups in total. The number of nitrogens with one attached hydrogen (secondary N) is 1. The van der Waals surface area contributed by atoms with Crippen molar-refractivity contribution in [3.05, 3.63) is 0 Å². The summed E-state index contributed by atoms with van der Waals surface area (Å²) in [6.45, 7) is 11.0. The van der Waals surface area contributed by atoms with E-state index >= 15 is 0 Å². The van der Waals surface area contributed by atoms with Crippen molar-refractivity contribution in [1.29, 1.82) is 0 Å². The summed E-state index contributed by atoms with van der Waals surface area (Å²) in [7, 11) is 0. The van der Waals surface area contributed by atoms with Gasteiger partial charge in [-0.2, -0.15) is 10.2 Å². The van der Waals surface area contributed by atoms with Crippen LogP contribution in [0.3, 0.4) is 0 Å². The minimum absolute atomic E-state index is 0.139. The second-order valence-corrected chi connectivity index (χ2v) is 10.8. The smallest absolute Gasteiger partial charge is 0.153 e. The summed E-state index contributed by atoms with van der Waals surface area (Å²) in [6.07, 6.45) is 9.99. The van der Waals surface area contributed by atoms with Crippen LogP contribution in [0.25, 0.3) is 0 Å². The highest BCUT2D eigenvalue weighted by Crippen LogP contribution is 2.38. The molecule has 2 saturated carbocycles. The summed E-state index contributed by atoms with van der Waals surface area (Å²) in [5.41, 5.74) is -0.433. The van der Waals surface area contributed by atoms with Crippen LogP contribution in [0.4, 0.5) is 0 Å². The van der Waals surface area contributed by atoms with E-state index in [0.29, 0.717) is 11.2 Å². The molecule has 138 valence electrons. The lowest BCUT2D eigenvalue weighted by Crippen LogP contribution is -2.52. The lowest BCUT2D eigenvalue weighted by atomic mass is 9.80. The monoisotopic (exact) mass is 369 g/mol. The molecule has 24 heavy (non-hydrogen) atoms. The minimum atomic E-state index is -0.294. The summed E-state index contributed by atoms with van der Waals surface area (Å²) in [6, 6.07) is 0. The molecule has 3 nitrogen and oxygen atoms in total. The van der Waals surface area contributed by atoms with Crippen molar-refractivity contribution >= 4 is 28.3 Å². The van der Waals surface area contributed by atoms with Gasteiger partial charge in [0.1, 0.15) is 4.32 Å². The van der Waals surface area contributed by atoms with E-state index in [-0.39, 0.29) is 11.2 Å². The van der Waals surface area contributed by atoms with Crippen LogP contribution in [0.15, 0.2) is 10.2 Å². The van der Waals surface area contributed by atoms with Crippen molar-refractivity contribution in [2.75, 3.05) is 0 Å². The van der Waals surface area contributed by atoms with Gasteiger partial charge in [0.2, 0.25) is 0 Å². The van der Waals surface area contributed by atoms with Crippen molar-refractivity contribution < 1.29 is 0 Å². The fourth-order valence-electron chi connectivity index (χ4n) is 3.63. The second-order valence-electron chi connectivity index (χ2n) is 8.85. The maximum absolute atomic E-state index is 5.73. The van der Waals surface area contributed by atoms with Gasteiger partial charge in [0, 0.05) is 11.2 Å². The third-order valence-electron chi connectivity index (χ3n) is 5.34. The maximum Gasteiger partial charge on any atom is 0.153 e. The fraction of sp³-hybridized carbons (Fsp3) is 0.947. The topological polar surface area (TPSA) is 36.8 Å². The van der Waals surface area contributed by atoms with E-state index in [1.165, 1.54) is 44.9 Å². The van der Waals surface area contributed by atoms with Crippen LogP contribution in [-0.4, -0.2) is 20.8 Å². The molecule has 0 saturated heterocycles. The number of thiocarbonyl (C=S) groups is 1. The quantitative estimate of drug-likeness (QED) is 0.466. The Labute approximate surface area is 158 Å². The van der Waals surface area contributed by atoms with Crippen LogP contribution in [0, 0.1) is 11.8 Å². The SMILES string of the molecule is CC1CCC(SC(=S)NC2(N=NC(C)(C)C)CCCCC2C)CC1. The third-order valence-corrected chi connectivity index (χ3v) is 6.86. The summed E-state index contributed by atoms with van der Waals surface area (Å²) < 4.78 is 0.927. The van der Waals surface area contributed by atoms with Crippen LogP contribution in [0.5, 0.6) is 0 Å². The first-order chi connectivity index (χ1) is 11.2. The lowest BCUT2D eigenvalue weighted by molar-refractivity contribution is 0.176. The van der Waals surface area contributed by atoms with Crippen molar-refractivity contribution in [2.24, 2.45) is 22.1 Å². The molecule has 2 aliphatic carbocycles.